The lowest BCUT2D eigenvalue weighted by Crippen LogP contribution is -2.54. The second kappa shape index (κ2) is 9.91. The van der Waals surface area contributed by atoms with E-state index in [1.807, 2.05) is 41.5 Å². The highest BCUT2D eigenvalue weighted by atomic mass is 16.5. The maximum absolute atomic E-state index is 11.2. The molecular weight excluding hydrogens is 274 g/mol. The zero-order valence-electron chi connectivity index (χ0n) is 13.9. The van der Waals surface area contributed by atoms with Crippen molar-refractivity contribution in [2.45, 2.75) is 78.6 Å². The third-order valence-electron chi connectivity index (χ3n) is 3.51. The summed E-state index contributed by atoms with van der Waals surface area (Å²) in [5.74, 6) is 0. The van der Waals surface area contributed by atoms with E-state index in [1.165, 1.54) is 0 Å². The molecule has 0 aromatic carbocycles. The molecule has 2 amide bonds. The monoisotopic (exact) mass is 305 g/mol. The van der Waals surface area contributed by atoms with Gasteiger partial charge in [0.1, 0.15) is 0 Å². The summed E-state index contributed by atoms with van der Waals surface area (Å²) in [4.78, 5) is 11.2. The lowest BCUT2D eigenvalue weighted by molar-refractivity contribution is -0.0679. The molecule has 5 N–H and O–H groups in total. The van der Waals surface area contributed by atoms with Gasteiger partial charge in [0.25, 0.3) is 0 Å². The first kappa shape index (κ1) is 20.1. The van der Waals surface area contributed by atoms with Crippen LogP contribution in [0.1, 0.15) is 54.4 Å². The van der Waals surface area contributed by atoms with Crippen molar-refractivity contribution >= 4 is 6.03 Å². The van der Waals surface area contributed by atoms with Gasteiger partial charge in [0, 0.05) is 24.2 Å². The molecular formula is C13H31N5O3. The number of hydrogen-bond acceptors (Lipinski definition) is 6. The summed E-state index contributed by atoms with van der Waals surface area (Å²) in [5, 5.41) is 21.3. The molecule has 0 rings (SSSR count). The van der Waals surface area contributed by atoms with Gasteiger partial charge < -0.3 is 5.21 Å². The maximum atomic E-state index is 11.2. The number of hydrogen-bond donors (Lipinski definition) is 5. The fraction of sp³-hybridized carbons (Fsp3) is 0.923. The quantitative estimate of drug-likeness (QED) is 0.327. The number of carbonyl (C=O) groups excluding carboxylic acids is 1. The Balaban J connectivity index is 4.49. The predicted octanol–water partition coefficient (Wildman–Crippen LogP) is 1.46. The number of rotatable bonds is 9. The van der Waals surface area contributed by atoms with Gasteiger partial charge >= 0.3 is 6.03 Å². The number of nitrogens with zero attached hydrogens (tertiary/aromatic N) is 2. The van der Waals surface area contributed by atoms with Crippen LogP contribution in [0.4, 0.5) is 4.79 Å². The van der Waals surface area contributed by atoms with E-state index in [1.54, 1.807) is 15.5 Å². The fourth-order valence-corrected chi connectivity index (χ4v) is 2.37. The smallest absolute Gasteiger partial charge is 0.302 e. The summed E-state index contributed by atoms with van der Waals surface area (Å²) in [6.45, 7) is 12.0. The number of urea groups is 1. The Morgan fingerprint density at radius 3 is 1.67 bits per heavy atom. The van der Waals surface area contributed by atoms with Crippen molar-refractivity contribution in [2.24, 2.45) is 0 Å². The molecule has 0 radical (unpaired) electrons. The Kier molecular flexibility index (Phi) is 9.47. The van der Waals surface area contributed by atoms with E-state index in [0.717, 1.165) is 12.8 Å². The number of nitrogens with one attached hydrogen (secondary N) is 3. The van der Waals surface area contributed by atoms with Gasteiger partial charge in [-0.2, -0.15) is 0 Å². The van der Waals surface area contributed by atoms with E-state index >= 15 is 0 Å². The van der Waals surface area contributed by atoms with Crippen molar-refractivity contribution in [3.63, 3.8) is 0 Å². The number of hydrazine groups is 2. The van der Waals surface area contributed by atoms with E-state index in [9.17, 15) is 4.79 Å². The third kappa shape index (κ3) is 7.05. The summed E-state index contributed by atoms with van der Waals surface area (Å²) >= 11 is 0. The second-order valence-corrected chi connectivity index (χ2v) is 5.93. The van der Waals surface area contributed by atoms with E-state index < -0.39 is 6.03 Å². The van der Waals surface area contributed by atoms with E-state index in [-0.39, 0.29) is 24.2 Å². The molecule has 0 bridgehead atoms. The van der Waals surface area contributed by atoms with Crippen molar-refractivity contribution in [1.29, 1.82) is 0 Å². The van der Waals surface area contributed by atoms with Crippen molar-refractivity contribution in [1.82, 2.24) is 26.5 Å². The van der Waals surface area contributed by atoms with Crippen molar-refractivity contribution in [3.05, 3.63) is 0 Å². The fourth-order valence-electron chi connectivity index (χ4n) is 2.37. The Morgan fingerprint density at radius 1 is 0.905 bits per heavy atom. The van der Waals surface area contributed by atoms with Crippen LogP contribution in [0.3, 0.4) is 0 Å². The minimum absolute atomic E-state index is 0.0949. The minimum atomic E-state index is -0.649. The average Bonchev–Trinajstić information content (AvgIpc) is 2.41. The van der Waals surface area contributed by atoms with Gasteiger partial charge in [-0.05, 0) is 54.4 Å². The van der Waals surface area contributed by atoms with Gasteiger partial charge in [-0.1, -0.05) is 0 Å². The van der Waals surface area contributed by atoms with Crippen LogP contribution >= 0.6 is 0 Å². The molecule has 0 aliphatic carbocycles. The summed E-state index contributed by atoms with van der Waals surface area (Å²) in [6, 6.07) is -0.121. The van der Waals surface area contributed by atoms with E-state index in [2.05, 4.69) is 11.0 Å². The van der Waals surface area contributed by atoms with E-state index in [4.69, 9.17) is 10.4 Å². The summed E-state index contributed by atoms with van der Waals surface area (Å²) in [7, 11) is 0. The molecule has 0 saturated heterocycles. The van der Waals surface area contributed by atoms with Crippen LogP contribution in [0.15, 0.2) is 0 Å². The van der Waals surface area contributed by atoms with Gasteiger partial charge in [-0.25, -0.2) is 20.3 Å². The van der Waals surface area contributed by atoms with Crippen molar-refractivity contribution in [2.75, 3.05) is 0 Å². The molecule has 21 heavy (non-hydrogen) atoms. The van der Waals surface area contributed by atoms with Crippen LogP contribution < -0.4 is 16.5 Å². The number of hydroxylamine groups is 1. The molecule has 0 fully saturated rings. The minimum Gasteiger partial charge on any atom is -0.302 e. The van der Waals surface area contributed by atoms with Gasteiger partial charge in [0.2, 0.25) is 0 Å². The van der Waals surface area contributed by atoms with Gasteiger partial charge in [0.05, 0.1) is 0 Å². The average molecular weight is 305 g/mol. The van der Waals surface area contributed by atoms with Crippen LogP contribution in [0.2, 0.25) is 0 Å². The third-order valence-corrected chi connectivity index (χ3v) is 3.51. The molecule has 0 aromatic heterocycles. The maximum Gasteiger partial charge on any atom is 0.353 e. The van der Waals surface area contributed by atoms with Crippen LogP contribution in [0.5, 0.6) is 0 Å². The topological polar surface area (TPSA) is 100 Å². The first-order valence-corrected chi connectivity index (χ1v) is 7.41. The Morgan fingerprint density at radius 2 is 1.33 bits per heavy atom. The van der Waals surface area contributed by atoms with E-state index in [0.29, 0.717) is 0 Å². The summed E-state index contributed by atoms with van der Waals surface area (Å²) in [5.41, 5.74) is 6.40. The van der Waals surface area contributed by atoms with Gasteiger partial charge in [-0.15, -0.1) is 5.59 Å². The summed E-state index contributed by atoms with van der Waals surface area (Å²) < 4.78 is 0. The van der Waals surface area contributed by atoms with Crippen molar-refractivity contribution < 1.29 is 15.2 Å². The molecule has 0 heterocycles. The van der Waals surface area contributed by atoms with Crippen molar-refractivity contribution in [3.8, 4) is 0 Å². The van der Waals surface area contributed by atoms with Crippen LogP contribution in [0.25, 0.3) is 0 Å². The predicted molar refractivity (Wildman–Crippen MR) is 80.5 cm³/mol. The molecule has 126 valence electrons. The highest BCUT2D eigenvalue weighted by molar-refractivity contribution is 5.71. The Hall–Kier alpha value is -0.930. The molecule has 8 heteroatoms. The summed E-state index contributed by atoms with van der Waals surface area (Å²) in [6.07, 6.45) is 1.68. The number of amides is 2. The first-order valence-electron chi connectivity index (χ1n) is 7.41. The van der Waals surface area contributed by atoms with Crippen LogP contribution in [-0.4, -0.2) is 50.6 Å². The molecule has 2 unspecified atom stereocenters. The highest BCUT2D eigenvalue weighted by Crippen LogP contribution is 2.13. The Bertz CT molecular complexity index is 302. The first-order chi connectivity index (χ1) is 9.74. The molecule has 0 saturated carbocycles. The lowest BCUT2D eigenvalue weighted by Gasteiger charge is -2.35. The molecule has 8 nitrogen and oxygen atoms in total. The SMILES string of the molecule is CC(C)N(NO)C(C)CCC(C)N(NC(=O)NO)C(C)C. The zero-order chi connectivity index (χ0) is 16.6. The largest absolute Gasteiger partial charge is 0.353 e. The van der Waals surface area contributed by atoms with Crippen LogP contribution in [0, 0.1) is 0 Å². The van der Waals surface area contributed by atoms with Crippen LogP contribution in [-0.2, 0) is 0 Å². The number of carbonyl (C=O) groups is 1. The molecule has 2 atom stereocenters. The molecule has 0 spiro atoms. The normalized spacial score (nSPS) is 14.9. The Labute approximate surface area is 127 Å². The lowest BCUT2D eigenvalue weighted by atomic mass is 10.1. The molecule has 0 aliphatic heterocycles. The highest BCUT2D eigenvalue weighted by Gasteiger charge is 2.22. The van der Waals surface area contributed by atoms with Gasteiger partial charge in [0.15, 0.2) is 0 Å². The zero-order valence-corrected chi connectivity index (χ0v) is 13.9. The standard InChI is InChI=1S/C13H31N5O3/c1-9(2)17(14-13(19)15-20)11(5)7-8-12(6)18(16-21)10(3)4/h9-12,16,20-21H,7-8H2,1-6H3,(H2,14,15,19). The molecule has 0 aliphatic rings. The second-order valence-electron chi connectivity index (χ2n) is 5.93. The van der Waals surface area contributed by atoms with Gasteiger partial charge in [-0.3, -0.25) is 10.6 Å². The molecule has 0 aromatic rings.